The van der Waals surface area contributed by atoms with Crippen LogP contribution in [0.4, 0.5) is 20.2 Å². The Labute approximate surface area is 106 Å². The monoisotopic (exact) mass is 266 g/mol. The van der Waals surface area contributed by atoms with Gasteiger partial charge < -0.3 is 10.5 Å². The van der Waals surface area contributed by atoms with Gasteiger partial charge in [-0.1, -0.05) is 0 Å². The van der Waals surface area contributed by atoms with E-state index in [9.17, 15) is 18.9 Å². The van der Waals surface area contributed by atoms with Crippen molar-refractivity contribution in [2.24, 2.45) is 0 Å². The minimum atomic E-state index is -1.05. The summed E-state index contributed by atoms with van der Waals surface area (Å²) in [4.78, 5) is 9.94. The first-order chi connectivity index (χ1) is 8.97. The smallest absolute Gasteiger partial charge is 0.292 e. The highest BCUT2D eigenvalue weighted by Crippen LogP contribution is 2.29. The van der Waals surface area contributed by atoms with Crippen LogP contribution in [0.5, 0.6) is 11.5 Å². The Morgan fingerprint density at radius 1 is 1.05 bits per heavy atom. The number of halogens is 2. The Morgan fingerprint density at radius 3 is 2.26 bits per heavy atom. The molecule has 2 aromatic carbocycles. The first-order valence-corrected chi connectivity index (χ1v) is 5.14. The van der Waals surface area contributed by atoms with Crippen molar-refractivity contribution in [2.75, 3.05) is 5.73 Å². The summed E-state index contributed by atoms with van der Waals surface area (Å²) >= 11 is 0. The lowest BCUT2D eigenvalue weighted by Gasteiger charge is -2.06. The maximum absolute atomic E-state index is 13.0. The molecule has 0 radical (unpaired) electrons. The molecule has 0 aliphatic heterocycles. The summed E-state index contributed by atoms with van der Waals surface area (Å²) in [7, 11) is 0. The van der Waals surface area contributed by atoms with E-state index < -0.39 is 16.6 Å². The summed E-state index contributed by atoms with van der Waals surface area (Å²) in [6, 6.07) is 6.74. The van der Waals surface area contributed by atoms with Gasteiger partial charge in [0.05, 0.1) is 4.92 Å². The summed E-state index contributed by atoms with van der Waals surface area (Å²) < 4.78 is 30.9. The fourth-order valence-corrected chi connectivity index (χ4v) is 1.44. The van der Waals surface area contributed by atoms with Crippen LogP contribution in [-0.4, -0.2) is 4.92 Å². The minimum absolute atomic E-state index is 0.0622. The second kappa shape index (κ2) is 4.89. The Hall–Kier alpha value is -2.70. The van der Waals surface area contributed by atoms with E-state index in [-0.39, 0.29) is 22.9 Å². The molecule has 98 valence electrons. The minimum Gasteiger partial charge on any atom is -0.457 e. The molecule has 0 heterocycles. The molecule has 0 saturated heterocycles. The summed E-state index contributed by atoms with van der Waals surface area (Å²) in [5.41, 5.74) is 5.14. The largest absolute Gasteiger partial charge is 0.457 e. The van der Waals surface area contributed by atoms with Gasteiger partial charge in [0, 0.05) is 18.2 Å². The summed E-state index contributed by atoms with van der Waals surface area (Å²) in [6.07, 6.45) is 0. The molecule has 0 bridgehead atoms. The second-order valence-electron chi connectivity index (χ2n) is 3.66. The van der Waals surface area contributed by atoms with Crippen LogP contribution in [0.15, 0.2) is 36.4 Å². The van der Waals surface area contributed by atoms with Crippen LogP contribution >= 0.6 is 0 Å². The predicted octanol–water partition coefficient (Wildman–Crippen LogP) is 3.25. The van der Waals surface area contributed by atoms with Crippen molar-refractivity contribution in [1.82, 2.24) is 0 Å². The zero-order valence-electron chi connectivity index (χ0n) is 9.47. The Balaban J connectivity index is 2.26. The number of anilines is 1. The van der Waals surface area contributed by atoms with Crippen LogP contribution in [-0.2, 0) is 0 Å². The molecule has 0 aliphatic carbocycles. The Morgan fingerprint density at radius 2 is 1.68 bits per heavy atom. The zero-order valence-corrected chi connectivity index (χ0v) is 9.47. The van der Waals surface area contributed by atoms with Gasteiger partial charge in [-0.25, -0.2) is 8.78 Å². The molecule has 2 aromatic rings. The molecule has 0 aliphatic rings. The standard InChI is InChI=1S/C12H8F2N2O3/c13-9-3-1-7(5-10(9)14)19-8-2-4-12(16(17)18)11(15)6-8/h1-6H,15H2. The van der Waals surface area contributed by atoms with E-state index in [1.54, 1.807) is 0 Å². The van der Waals surface area contributed by atoms with Crippen molar-refractivity contribution in [3.63, 3.8) is 0 Å². The Bertz CT molecular complexity index is 647. The third-order valence-corrected chi connectivity index (χ3v) is 2.32. The molecular formula is C12H8F2N2O3. The first-order valence-electron chi connectivity index (χ1n) is 5.14. The SMILES string of the molecule is Nc1cc(Oc2ccc(F)c(F)c2)ccc1[N+](=O)[O-]. The van der Waals surface area contributed by atoms with Gasteiger partial charge in [0.1, 0.15) is 17.2 Å². The van der Waals surface area contributed by atoms with Crippen molar-refractivity contribution in [2.45, 2.75) is 0 Å². The van der Waals surface area contributed by atoms with Gasteiger partial charge in [-0.15, -0.1) is 0 Å². The number of nitro groups is 1. The number of rotatable bonds is 3. The topological polar surface area (TPSA) is 78.4 Å². The maximum Gasteiger partial charge on any atom is 0.292 e. The van der Waals surface area contributed by atoms with Gasteiger partial charge in [0.25, 0.3) is 5.69 Å². The number of ether oxygens (including phenoxy) is 1. The number of hydrogen-bond acceptors (Lipinski definition) is 4. The maximum atomic E-state index is 13.0. The predicted molar refractivity (Wildman–Crippen MR) is 63.9 cm³/mol. The van der Waals surface area contributed by atoms with Gasteiger partial charge in [0.15, 0.2) is 11.6 Å². The molecule has 7 heteroatoms. The van der Waals surface area contributed by atoms with Crippen molar-refractivity contribution in [1.29, 1.82) is 0 Å². The van der Waals surface area contributed by atoms with Gasteiger partial charge in [0.2, 0.25) is 0 Å². The fourth-order valence-electron chi connectivity index (χ4n) is 1.44. The molecule has 0 unspecified atom stereocenters. The summed E-state index contributed by atoms with van der Waals surface area (Å²) in [6.45, 7) is 0. The molecule has 0 fully saturated rings. The van der Waals surface area contributed by atoms with Crippen LogP contribution < -0.4 is 10.5 Å². The van der Waals surface area contributed by atoms with E-state index >= 15 is 0 Å². The van der Waals surface area contributed by atoms with Gasteiger partial charge in [-0.2, -0.15) is 0 Å². The van der Waals surface area contributed by atoms with Crippen molar-refractivity contribution >= 4 is 11.4 Å². The zero-order chi connectivity index (χ0) is 14.0. The molecular weight excluding hydrogens is 258 g/mol. The van der Waals surface area contributed by atoms with E-state index in [1.807, 2.05) is 0 Å². The second-order valence-corrected chi connectivity index (χ2v) is 3.66. The Kier molecular flexibility index (Phi) is 3.28. The van der Waals surface area contributed by atoms with Crippen molar-refractivity contribution in [3.05, 3.63) is 58.1 Å². The third-order valence-electron chi connectivity index (χ3n) is 2.32. The highest BCUT2D eigenvalue weighted by Gasteiger charge is 2.12. The molecule has 19 heavy (non-hydrogen) atoms. The first kappa shape index (κ1) is 12.7. The molecule has 0 saturated carbocycles. The van der Waals surface area contributed by atoms with Crippen molar-refractivity contribution in [3.8, 4) is 11.5 Å². The fraction of sp³-hybridized carbons (Fsp3) is 0. The molecule has 5 nitrogen and oxygen atoms in total. The van der Waals surface area contributed by atoms with E-state index in [0.29, 0.717) is 0 Å². The van der Waals surface area contributed by atoms with Crippen LogP contribution in [0.2, 0.25) is 0 Å². The lowest BCUT2D eigenvalue weighted by atomic mass is 10.2. The van der Waals surface area contributed by atoms with Gasteiger partial charge >= 0.3 is 0 Å². The average Bonchev–Trinajstić information content (AvgIpc) is 2.33. The van der Waals surface area contributed by atoms with E-state index in [2.05, 4.69) is 0 Å². The highest BCUT2D eigenvalue weighted by atomic mass is 19.2. The van der Waals surface area contributed by atoms with Gasteiger partial charge in [-0.05, 0) is 18.2 Å². The number of nitrogen functional groups attached to an aromatic ring is 1. The number of benzene rings is 2. The molecule has 0 atom stereocenters. The van der Waals surface area contributed by atoms with E-state index in [1.165, 1.54) is 24.3 Å². The lowest BCUT2D eigenvalue weighted by molar-refractivity contribution is -0.383. The summed E-state index contributed by atoms with van der Waals surface area (Å²) in [5.74, 6) is -1.79. The summed E-state index contributed by atoms with van der Waals surface area (Å²) in [5, 5.41) is 10.6. The molecule has 0 spiro atoms. The normalized spacial score (nSPS) is 10.2. The van der Waals surface area contributed by atoms with E-state index in [0.717, 1.165) is 12.1 Å². The quantitative estimate of drug-likeness (QED) is 0.525. The number of nitrogens with zero attached hydrogens (tertiary/aromatic N) is 1. The number of nitro benzene ring substituents is 1. The van der Waals surface area contributed by atoms with Crippen molar-refractivity contribution < 1.29 is 18.4 Å². The van der Waals surface area contributed by atoms with Gasteiger partial charge in [-0.3, -0.25) is 10.1 Å². The van der Waals surface area contributed by atoms with Crippen LogP contribution in [0.3, 0.4) is 0 Å². The average molecular weight is 266 g/mol. The molecule has 2 N–H and O–H groups in total. The van der Waals surface area contributed by atoms with E-state index in [4.69, 9.17) is 10.5 Å². The van der Waals surface area contributed by atoms with Crippen LogP contribution in [0.25, 0.3) is 0 Å². The lowest BCUT2D eigenvalue weighted by Crippen LogP contribution is -1.96. The highest BCUT2D eigenvalue weighted by molar-refractivity contribution is 5.61. The third kappa shape index (κ3) is 2.76. The molecule has 0 amide bonds. The number of hydrogen-bond donors (Lipinski definition) is 1. The molecule has 2 rings (SSSR count). The molecule has 0 aromatic heterocycles. The van der Waals surface area contributed by atoms with Crippen LogP contribution in [0, 0.1) is 21.7 Å². The van der Waals surface area contributed by atoms with Crippen LogP contribution in [0.1, 0.15) is 0 Å². The number of nitrogens with two attached hydrogens (primary N) is 1.